The van der Waals surface area contributed by atoms with Gasteiger partial charge in [0.05, 0.1) is 4.92 Å². The van der Waals surface area contributed by atoms with Crippen LogP contribution in [0.2, 0.25) is 0 Å². The van der Waals surface area contributed by atoms with E-state index in [1.54, 1.807) is 0 Å². The molecule has 1 aromatic carbocycles. The Bertz CT molecular complexity index is 601. The minimum Gasteiger partial charge on any atom is -0.424 e. The van der Waals surface area contributed by atoms with E-state index < -0.39 is 4.92 Å². The zero-order valence-electron chi connectivity index (χ0n) is 11.5. The van der Waals surface area contributed by atoms with Crippen molar-refractivity contribution in [3.63, 3.8) is 0 Å². The molecule has 0 unspecified atom stereocenters. The Kier molecular flexibility index (Phi) is 3.65. The summed E-state index contributed by atoms with van der Waals surface area (Å²) in [6.45, 7) is 6.38. The first kappa shape index (κ1) is 13.9. The minimum atomic E-state index is -0.554. The first-order chi connectivity index (χ1) is 9.36. The second kappa shape index (κ2) is 5.24. The molecule has 0 N–H and O–H groups in total. The lowest BCUT2D eigenvalue weighted by atomic mass is 9.87. The molecular formula is C14H15N3O3. The second-order valence-electron chi connectivity index (χ2n) is 5.36. The molecule has 0 amide bonds. The molecule has 0 aliphatic heterocycles. The predicted octanol–water partition coefficient (Wildman–Crippen LogP) is 3.47. The Morgan fingerprint density at radius 2 is 1.65 bits per heavy atom. The van der Waals surface area contributed by atoms with Crippen molar-refractivity contribution >= 4 is 5.69 Å². The summed E-state index contributed by atoms with van der Waals surface area (Å²) >= 11 is 0. The van der Waals surface area contributed by atoms with Crippen molar-refractivity contribution in [2.45, 2.75) is 26.2 Å². The predicted molar refractivity (Wildman–Crippen MR) is 73.9 cm³/mol. The van der Waals surface area contributed by atoms with Crippen LogP contribution in [0.4, 0.5) is 5.69 Å². The van der Waals surface area contributed by atoms with Gasteiger partial charge in [0, 0.05) is 0 Å². The Labute approximate surface area is 116 Å². The van der Waals surface area contributed by atoms with Crippen molar-refractivity contribution < 1.29 is 9.66 Å². The van der Waals surface area contributed by atoms with Gasteiger partial charge in [0.1, 0.15) is 18.1 Å². The van der Waals surface area contributed by atoms with Crippen LogP contribution >= 0.6 is 0 Å². The van der Waals surface area contributed by atoms with E-state index in [9.17, 15) is 10.1 Å². The quantitative estimate of drug-likeness (QED) is 0.632. The molecule has 20 heavy (non-hydrogen) atoms. The fraction of sp³-hybridized carbons (Fsp3) is 0.286. The zero-order valence-corrected chi connectivity index (χ0v) is 11.5. The van der Waals surface area contributed by atoms with E-state index in [-0.39, 0.29) is 17.1 Å². The van der Waals surface area contributed by atoms with Crippen LogP contribution in [-0.4, -0.2) is 14.9 Å². The largest absolute Gasteiger partial charge is 0.424 e. The van der Waals surface area contributed by atoms with Gasteiger partial charge < -0.3 is 4.74 Å². The summed E-state index contributed by atoms with van der Waals surface area (Å²) in [6.07, 6.45) is 2.23. The summed E-state index contributed by atoms with van der Waals surface area (Å²) in [5.41, 5.74) is 1.09. The molecule has 0 bridgehead atoms. The number of aromatic nitrogens is 2. The van der Waals surface area contributed by atoms with Crippen molar-refractivity contribution in [2.75, 3.05) is 0 Å². The van der Waals surface area contributed by atoms with E-state index >= 15 is 0 Å². The molecule has 0 radical (unpaired) electrons. The average molecular weight is 273 g/mol. The summed E-state index contributed by atoms with van der Waals surface area (Å²) in [5, 5.41) is 10.5. The molecule has 0 spiro atoms. The number of nitro groups is 1. The Hall–Kier alpha value is -2.50. The third-order valence-electron chi connectivity index (χ3n) is 2.75. The molecule has 1 heterocycles. The summed E-state index contributed by atoms with van der Waals surface area (Å²) in [7, 11) is 0. The van der Waals surface area contributed by atoms with Gasteiger partial charge in [-0.1, -0.05) is 32.9 Å². The first-order valence-corrected chi connectivity index (χ1v) is 6.11. The number of ether oxygens (including phenoxy) is 1. The molecule has 0 saturated heterocycles. The maximum atomic E-state index is 10.5. The van der Waals surface area contributed by atoms with E-state index in [0.29, 0.717) is 5.75 Å². The first-order valence-electron chi connectivity index (χ1n) is 6.11. The lowest BCUT2D eigenvalue weighted by Crippen LogP contribution is -2.10. The van der Waals surface area contributed by atoms with Gasteiger partial charge in [-0.25, -0.2) is 0 Å². The van der Waals surface area contributed by atoms with Gasteiger partial charge in [0.2, 0.25) is 0 Å². The third kappa shape index (κ3) is 3.28. The van der Waals surface area contributed by atoms with E-state index in [1.807, 2.05) is 24.3 Å². The molecular weight excluding hydrogens is 258 g/mol. The van der Waals surface area contributed by atoms with Crippen LogP contribution in [0.15, 0.2) is 36.7 Å². The minimum absolute atomic E-state index is 0.0718. The average Bonchev–Trinajstić information content (AvgIpc) is 2.39. The third-order valence-corrected chi connectivity index (χ3v) is 2.75. The van der Waals surface area contributed by atoms with Gasteiger partial charge in [-0.3, -0.25) is 10.1 Å². The molecule has 1 aromatic heterocycles. The molecule has 0 saturated carbocycles. The van der Waals surface area contributed by atoms with Gasteiger partial charge in [0.15, 0.2) is 0 Å². The number of rotatable bonds is 3. The monoisotopic (exact) mass is 273 g/mol. The summed E-state index contributed by atoms with van der Waals surface area (Å²) in [5.74, 6) is 0.590. The molecule has 6 nitrogen and oxygen atoms in total. The summed E-state index contributed by atoms with van der Waals surface area (Å²) < 4.78 is 5.44. The van der Waals surface area contributed by atoms with Crippen LogP contribution in [0.25, 0.3) is 0 Å². The smallest absolute Gasteiger partial charge is 0.322 e. The fourth-order valence-corrected chi connectivity index (χ4v) is 1.58. The van der Waals surface area contributed by atoms with Crippen LogP contribution < -0.4 is 4.74 Å². The zero-order chi connectivity index (χ0) is 14.8. The molecule has 0 atom stereocenters. The highest BCUT2D eigenvalue weighted by atomic mass is 16.6. The van der Waals surface area contributed by atoms with E-state index in [0.717, 1.165) is 12.4 Å². The number of hydrogen-bond acceptors (Lipinski definition) is 5. The van der Waals surface area contributed by atoms with Gasteiger partial charge in [-0.15, -0.1) is 0 Å². The van der Waals surface area contributed by atoms with Gasteiger partial charge in [-0.05, 0) is 23.1 Å². The van der Waals surface area contributed by atoms with E-state index in [4.69, 9.17) is 4.74 Å². The molecule has 0 aliphatic rings. The second-order valence-corrected chi connectivity index (χ2v) is 5.36. The van der Waals surface area contributed by atoms with Crippen molar-refractivity contribution in [1.82, 2.24) is 9.97 Å². The lowest BCUT2D eigenvalue weighted by Gasteiger charge is -2.18. The van der Waals surface area contributed by atoms with E-state index in [2.05, 4.69) is 30.7 Å². The summed E-state index contributed by atoms with van der Waals surface area (Å²) in [4.78, 5) is 17.5. The molecule has 6 heteroatoms. The standard InChI is InChI=1S/C14H15N3O3/c1-14(2,3)10-4-6-12(7-5-10)20-13-15-8-11(9-16-13)17(18)19/h4-9H,1-3H3. The molecule has 2 rings (SSSR count). The van der Waals surface area contributed by atoms with Crippen molar-refractivity contribution in [3.8, 4) is 11.8 Å². The van der Waals surface area contributed by atoms with E-state index in [1.165, 1.54) is 5.56 Å². The van der Waals surface area contributed by atoms with Gasteiger partial charge in [-0.2, -0.15) is 9.97 Å². The van der Waals surface area contributed by atoms with Crippen LogP contribution in [0.1, 0.15) is 26.3 Å². The fourth-order valence-electron chi connectivity index (χ4n) is 1.58. The Balaban J connectivity index is 2.12. The van der Waals surface area contributed by atoms with Crippen LogP contribution in [0.3, 0.4) is 0 Å². The normalized spacial score (nSPS) is 11.2. The lowest BCUT2D eigenvalue weighted by molar-refractivity contribution is -0.385. The molecule has 104 valence electrons. The Morgan fingerprint density at radius 3 is 2.10 bits per heavy atom. The van der Waals surface area contributed by atoms with Gasteiger partial charge >= 0.3 is 11.7 Å². The summed E-state index contributed by atoms with van der Waals surface area (Å²) in [6, 6.07) is 7.68. The number of hydrogen-bond donors (Lipinski definition) is 0. The topological polar surface area (TPSA) is 78.2 Å². The van der Waals surface area contributed by atoms with Crippen molar-refractivity contribution in [1.29, 1.82) is 0 Å². The maximum absolute atomic E-state index is 10.5. The van der Waals surface area contributed by atoms with Crippen LogP contribution in [-0.2, 0) is 5.41 Å². The molecule has 2 aromatic rings. The van der Waals surface area contributed by atoms with Crippen LogP contribution in [0.5, 0.6) is 11.8 Å². The molecule has 0 aliphatic carbocycles. The maximum Gasteiger partial charge on any atom is 0.322 e. The highest BCUT2D eigenvalue weighted by molar-refractivity contribution is 5.32. The molecule has 0 fully saturated rings. The highest BCUT2D eigenvalue weighted by Gasteiger charge is 2.13. The SMILES string of the molecule is CC(C)(C)c1ccc(Oc2ncc([N+](=O)[O-])cn2)cc1. The van der Waals surface area contributed by atoms with Crippen LogP contribution in [0, 0.1) is 10.1 Å². The van der Waals surface area contributed by atoms with Gasteiger partial charge in [0.25, 0.3) is 0 Å². The number of nitrogens with zero attached hydrogens (tertiary/aromatic N) is 3. The Morgan fingerprint density at radius 1 is 1.10 bits per heavy atom. The van der Waals surface area contributed by atoms with Crippen molar-refractivity contribution in [3.05, 3.63) is 52.3 Å². The van der Waals surface area contributed by atoms with Crippen molar-refractivity contribution in [2.24, 2.45) is 0 Å². The highest BCUT2D eigenvalue weighted by Crippen LogP contribution is 2.25. The number of benzene rings is 1.